The number of nitrogens with one attached hydrogen (secondary N) is 1. The van der Waals surface area contributed by atoms with Gasteiger partial charge in [0, 0.05) is 10.7 Å². The molecule has 1 aliphatic rings. The van der Waals surface area contributed by atoms with Crippen LogP contribution in [0, 0.1) is 13.8 Å². The fourth-order valence-corrected chi connectivity index (χ4v) is 4.95. The first-order chi connectivity index (χ1) is 13.8. The fraction of sp³-hybridized carbons (Fsp3) is 0.333. The van der Waals surface area contributed by atoms with Crippen molar-refractivity contribution in [3.8, 4) is 0 Å². The third-order valence-electron chi connectivity index (χ3n) is 4.84. The highest BCUT2D eigenvalue weighted by molar-refractivity contribution is 7.92. The summed E-state index contributed by atoms with van der Waals surface area (Å²) in [6, 6.07) is 11.4. The maximum Gasteiger partial charge on any atom is 0.264 e. The lowest BCUT2D eigenvalue weighted by molar-refractivity contribution is -0.119. The van der Waals surface area contributed by atoms with E-state index < -0.39 is 15.9 Å². The van der Waals surface area contributed by atoms with Crippen LogP contribution in [0.4, 0.5) is 5.69 Å². The molecule has 2 aromatic rings. The number of carbonyl (C=O) groups excluding carboxylic acids is 1. The number of aryl methyl sites for hydroxylation is 2. The summed E-state index contributed by atoms with van der Waals surface area (Å²) >= 11 is 6.03. The van der Waals surface area contributed by atoms with Crippen molar-refractivity contribution in [3.63, 3.8) is 0 Å². The Balaban J connectivity index is 1.94. The van der Waals surface area contributed by atoms with E-state index in [-0.39, 0.29) is 11.4 Å². The van der Waals surface area contributed by atoms with E-state index in [1.54, 1.807) is 49.4 Å². The van der Waals surface area contributed by atoms with Crippen molar-refractivity contribution >= 4 is 38.9 Å². The lowest BCUT2D eigenvalue weighted by Gasteiger charge is -2.25. The van der Waals surface area contributed by atoms with E-state index in [4.69, 9.17) is 11.6 Å². The van der Waals surface area contributed by atoms with Crippen LogP contribution in [0.2, 0.25) is 5.02 Å². The van der Waals surface area contributed by atoms with Crippen LogP contribution in [0.5, 0.6) is 0 Å². The number of anilines is 1. The molecule has 0 atom stereocenters. The third kappa shape index (κ3) is 5.16. The summed E-state index contributed by atoms with van der Waals surface area (Å²) in [6.45, 7) is 3.26. The summed E-state index contributed by atoms with van der Waals surface area (Å²) in [5.41, 5.74) is 5.45. The van der Waals surface area contributed by atoms with Crippen LogP contribution in [0.15, 0.2) is 52.5 Å². The topological polar surface area (TPSA) is 78.8 Å². The van der Waals surface area contributed by atoms with Gasteiger partial charge in [-0.05, 0) is 75.4 Å². The van der Waals surface area contributed by atoms with Gasteiger partial charge < -0.3 is 0 Å². The quantitative estimate of drug-likeness (QED) is 0.693. The summed E-state index contributed by atoms with van der Waals surface area (Å²) in [7, 11) is -3.96. The van der Waals surface area contributed by atoms with Crippen LogP contribution in [0.3, 0.4) is 0 Å². The predicted molar refractivity (Wildman–Crippen MR) is 116 cm³/mol. The minimum Gasteiger partial charge on any atom is -0.271 e. The van der Waals surface area contributed by atoms with Gasteiger partial charge in [0.05, 0.1) is 10.6 Å². The van der Waals surface area contributed by atoms with Gasteiger partial charge in [-0.25, -0.2) is 13.8 Å². The zero-order chi connectivity index (χ0) is 21.0. The number of sulfonamides is 1. The average molecular weight is 434 g/mol. The van der Waals surface area contributed by atoms with Gasteiger partial charge in [0.2, 0.25) is 0 Å². The molecule has 6 nitrogen and oxygen atoms in total. The Morgan fingerprint density at radius 3 is 2.38 bits per heavy atom. The van der Waals surface area contributed by atoms with Crippen molar-refractivity contribution in [1.82, 2.24) is 5.43 Å². The second-order valence-corrected chi connectivity index (χ2v) is 9.47. The standard InChI is InChI=1S/C21H24ClN3O3S/c1-15-7-10-19(11-8-15)29(27,28)25(20-12-9-17(22)13-16(20)2)14-21(26)24-23-18-5-3-4-6-18/h7-13H,3-6,14H2,1-2H3,(H,24,26). The molecule has 154 valence electrons. The molecule has 3 rings (SSSR count). The molecule has 1 aliphatic carbocycles. The zero-order valence-corrected chi connectivity index (χ0v) is 18.1. The van der Waals surface area contributed by atoms with Gasteiger partial charge in [0.15, 0.2) is 0 Å². The molecule has 0 heterocycles. The first-order valence-corrected chi connectivity index (χ1v) is 11.3. The normalized spacial score (nSPS) is 14.0. The molecule has 1 fully saturated rings. The monoisotopic (exact) mass is 433 g/mol. The summed E-state index contributed by atoms with van der Waals surface area (Å²) < 4.78 is 27.8. The van der Waals surface area contributed by atoms with E-state index in [2.05, 4.69) is 10.5 Å². The molecular formula is C21H24ClN3O3S. The average Bonchev–Trinajstić information content (AvgIpc) is 3.19. The lowest BCUT2D eigenvalue weighted by Crippen LogP contribution is -2.40. The van der Waals surface area contributed by atoms with Crippen LogP contribution in [-0.4, -0.2) is 26.6 Å². The molecule has 0 saturated heterocycles. The smallest absolute Gasteiger partial charge is 0.264 e. The van der Waals surface area contributed by atoms with Gasteiger partial charge in [0.25, 0.3) is 15.9 Å². The van der Waals surface area contributed by atoms with Crippen molar-refractivity contribution in [2.24, 2.45) is 5.10 Å². The van der Waals surface area contributed by atoms with E-state index >= 15 is 0 Å². The van der Waals surface area contributed by atoms with Crippen molar-refractivity contribution in [3.05, 3.63) is 58.6 Å². The SMILES string of the molecule is Cc1ccc(S(=O)(=O)N(CC(=O)NN=C2CCCC2)c2ccc(Cl)cc2C)cc1. The van der Waals surface area contributed by atoms with Crippen LogP contribution in [0.1, 0.15) is 36.8 Å². The maximum atomic E-state index is 13.4. The first kappa shape index (κ1) is 21.3. The van der Waals surface area contributed by atoms with E-state index in [0.29, 0.717) is 16.3 Å². The molecule has 8 heteroatoms. The van der Waals surface area contributed by atoms with Crippen molar-refractivity contribution in [2.75, 3.05) is 10.8 Å². The molecule has 0 aromatic heterocycles. The summed E-state index contributed by atoms with van der Waals surface area (Å²) in [6.07, 6.45) is 3.85. The molecule has 1 amide bonds. The minimum absolute atomic E-state index is 0.118. The van der Waals surface area contributed by atoms with Crippen LogP contribution in [0.25, 0.3) is 0 Å². The van der Waals surface area contributed by atoms with E-state index in [1.807, 2.05) is 6.92 Å². The highest BCUT2D eigenvalue weighted by Gasteiger charge is 2.28. The number of rotatable bonds is 6. The Bertz CT molecular complexity index is 1030. The van der Waals surface area contributed by atoms with Gasteiger partial charge in [-0.2, -0.15) is 5.10 Å². The Morgan fingerprint density at radius 1 is 1.10 bits per heavy atom. The molecule has 0 bridgehead atoms. The summed E-state index contributed by atoms with van der Waals surface area (Å²) in [5.74, 6) is -0.491. The number of hydrogen-bond acceptors (Lipinski definition) is 4. The lowest BCUT2D eigenvalue weighted by atomic mass is 10.2. The number of hydrogen-bond donors (Lipinski definition) is 1. The van der Waals surface area contributed by atoms with Crippen molar-refractivity contribution < 1.29 is 13.2 Å². The third-order valence-corrected chi connectivity index (χ3v) is 6.85. The maximum absolute atomic E-state index is 13.4. The summed E-state index contributed by atoms with van der Waals surface area (Å²) in [5, 5.41) is 4.64. The van der Waals surface area contributed by atoms with E-state index in [0.717, 1.165) is 41.3 Å². The number of benzene rings is 2. The number of hydrazone groups is 1. The van der Waals surface area contributed by atoms with Crippen molar-refractivity contribution in [2.45, 2.75) is 44.4 Å². The Morgan fingerprint density at radius 2 is 1.76 bits per heavy atom. The highest BCUT2D eigenvalue weighted by Crippen LogP contribution is 2.29. The van der Waals surface area contributed by atoms with Gasteiger partial charge in [0.1, 0.15) is 6.54 Å². The molecule has 0 radical (unpaired) electrons. The van der Waals surface area contributed by atoms with Gasteiger partial charge >= 0.3 is 0 Å². The number of nitrogens with zero attached hydrogens (tertiary/aromatic N) is 2. The highest BCUT2D eigenvalue weighted by atomic mass is 35.5. The molecular weight excluding hydrogens is 410 g/mol. The molecule has 0 spiro atoms. The minimum atomic E-state index is -3.96. The Labute approximate surface area is 176 Å². The van der Waals surface area contributed by atoms with Gasteiger partial charge in [-0.3, -0.25) is 9.10 Å². The Kier molecular flexibility index (Phi) is 6.59. The number of amides is 1. The number of halogens is 1. The van der Waals surface area contributed by atoms with Crippen LogP contribution >= 0.6 is 11.6 Å². The molecule has 0 unspecified atom stereocenters. The van der Waals surface area contributed by atoms with E-state index in [9.17, 15) is 13.2 Å². The van der Waals surface area contributed by atoms with Gasteiger partial charge in [-0.15, -0.1) is 0 Å². The van der Waals surface area contributed by atoms with Crippen LogP contribution in [-0.2, 0) is 14.8 Å². The largest absolute Gasteiger partial charge is 0.271 e. The molecule has 1 N–H and O–H groups in total. The molecule has 1 saturated carbocycles. The molecule has 2 aromatic carbocycles. The molecule has 0 aliphatic heterocycles. The first-order valence-electron chi connectivity index (χ1n) is 9.47. The zero-order valence-electron chi connectivity index (χ0n) is 16.5. The van der Waals surface area contributed by atoms with Gasteiger partial charge in [-0.1, -0.05) is 29.3 Å². The number of carbonyl (C=O) groups is 1. The second kappa shape index (κ2) is 8.97. The second-order valence-electron chi connectivity index (χ2n) is 7.18. The predicted octanol–water partition coefficient (Wildman–Crippen LogP) is 4.20. The van der Waals surface area contributed by atoms with Crippen LogP contribution < -0.4 is 9.73 Å². The summed E-state index contributed by atoms with van der Waals surface area (Å²) in [4.78, 5) is 12.7. The van der Waals surface area contributed by atoms with E-state index in [1.165, 1.54) is 0 Å². The Hall–Kier alpha value is -2.38. The fourth-order valence-electron chi connectivity index (χ4n) is 3.24. The van der Waals surface area contributed by atoms with Crippen molar-refractivity contribution in [1.29, 1.82) is 0 Å². The molecule has 29 heavy (non-hydrogen) atoms.